The van der Waals surface area contributed by atoms with Crippen molar-refractivity contribution in [2.24, 2.45) is 5.10 Å². The molecule has 0 atom stereocenters. The van der Waals surface area contributed by atoms with Gasteiger partial charge in [-0.2, -0.15) is 5.10 Å². The van der Waals surface area contributed by atoms with E-state index >= 15 is 0 Å². The number of rotatable bonds is 5. The van der Waals surface area contributed by atoms with Crippen LogP contribution >= 0.6 is 15.9 Å². The van der Waals surface area contributed by atoms with E-state index in [0.29, 0.717) is 12.4 Å². The summed E-state index contributed by atoms with van der Waals surface area (Å²) >= 11 is 3.47. The van der Waals surface area contributed by atoms with E-state index < -0.39 is 0 Å². The molecule has 2 aromatic carbocycles. The summed E-state index contributed by atoms with van der Waals surface area (Å²) in [5.74, 6) is 0.447. The van der Waals surface area contributed by atoms with Gasteiger partial charge in [0.05, 0.1) is 10.7 Å². The van der Waals surface area contributed by atoms with E-state index in [4.69, 9.17) is 4.74 Å². The van der Waals surface area contributed by atoms with Crippen LogP contribution in [0.15, 0.2) is 64.7 Å². The minimum atomic E-state index is -0.258. The van der Waals surface area contributed by atoms with Crippen molar-refractivity contribution in [3.05, 3.63) is 76.5 Å². The second kappa shape index (κ2) is 7.15. The van der Waals surface area contributed by atoms with Crippen LogP contribution < -0.4 is 4.74 Å². The minimum absolute atomic E-state index is 0.258. The fourth-order valence-corrected chi connectivity index (χ4v) is 2.36. The Labute approximate surface area is 140 Å². The van der Waals surface area contributed by atoms with Gasteiger partial charge < -0.3 is 4.74 Å². The molecule has 7 heteroatoms. The standard InChI is InChI=1S/C16H12BrFN4O/c17-15-7-13(8-21-22-10-19-20-11-22)3-6-16(15)23-9-12-1-4-14(18)5-2-12/h1-8,10-11H,9H2/b21-8-. The van der Waals surface area contributed by atoms with Gasteiger partial charge in [-0.15, -0.1) is 10.2 Å². The highest BCUT2D eigenvalue weighted by molar-refractivity contribution is 9.10. The van der Waals surface area contributed by atoms with Crippen LogP contribution in [0.5, 0.6) is 5.75 Å². The van der Waals surface area contributed by atoms with E-state index in [9.17, 15) is 4.39 Å². The Balaban J connectivity index is 1.66. The molecule has 1 aromatic heterocycles. The number of hydrogen-bond acceptors (Lipinski definition) is 4. The van der Waals surface area contributed by atoms with Crippen molar-refractivity contribution >= 4 is 22.1 Å². The molecular formula is C16H12BrFN4O. The van der Waals surface area contributed by atoms with Crippen molar-refractivity contribution < 1.29 is 9.13 Å². The third-order valence-corrected chi connectivity index (χ3v) is 3.63. The van der Waals surface area contributed by atoms with E-state index in [1.807, 2.05) is 18.2 Å². The number of benzene rings is 2. The van der Waals surface area contributed by atoms with Gasteiger partial charge >= 0.3 is 0 Å². The van der Waals surface area contributed by atoms with Gasteiger partial charge in [0.15, 0.2) is 0 Å². The van der Waals surface area contributed by atoms with E-state index in [0.717, 1.165) is 15.6 Å². The molecule has 0 bridgehead atoms. The van der Waals surface area contributed by atoms with Crippen LogP contribution in [0.3, 0.4) is 0 Å². The summed E-state index contributed by atoms with van der Waals surface area (Å²) in [6, 6.07) is 11.9. The Morgan fingerprint density at radius 2 is 1.87 bits per heavy atom. The average Bonchev–Trinajstić information content (AvgIpc) is 3.07. The molecule has 5 nitrogen and oxygen atoms in total. The minimum Gasteiger partial charge on any atom is -0.488 e. The Hall–Kier alpha value is -2.54. The van der Waals surface area contributed by atoms with Gasteiger partial charge in [-0.1, -0.05) is 12.1 Å². The van der Waals surface area contributed by atoms with E-state index in [1.165, 1.54) is 29.5 Å². The van der Waals surface area contributed by atoms with E-state index in [1.54, 1.807) is 18.3 Å². The maximum absolute atomic E-state index is 12.9. The number of halogens is 2. The van der Waals surface area contributed by atoms with Gasteiger partial charge in [-0.3, -0.25) is 0 Å². The first-order chi connectivity index (χ1) is 11.2. The predicted molar refractivity (Wildman–Crippen MR) is 87.9 cm³/mol. The van der Waals surface area contributed by atoms with Crippen LogP contribution in [-0.4, -0.2) is 21.1 Å². The molecule has 0 saturated heterocycles. The van der Waals surface area contributed by atoms with E-state index in [-0.39, 0.29) is 5.82 Å². The first kappa shape index (κ1) is 15.4. The number of ether oxygens (including phenoxy) is 1. The van der Waals surface area contributed by atoms with Gasteiger partial charge in [-0.05, 0) is 57.4 Å². The van der Waals surface area contributed by atoms with Crippen molar-refractivity contribution in [2.45, 2.75) is 6.61 Å². The lowest BCUT2D eigenvalue weighted by Gasteiger charge is -2.09. The predicted octanol–water partition coefficient (Wildman–Crippen LogP) is 3.64. The molecule has 0 aliphatic heterocycles. The average molecular weight is 375 g/mol. The van der Waals surface area contributed by atoms with Gasteiger partial charge in [0.25, 0.3) is 0 Å². The molecule has 0 radical (unpaired) electrons. The zero-order chi connectivity index (χ0) is 16.1. The quantitative estimate of drug-likeness (QED) is 0.640. The number of aromatic nitrogens is 3. The van der Waals surface area contributed by atoms with Crippen LogP contribution in [0.4, 0.5) is 4.39 Å². The topological polar surface area (TPSA) is 52.3 Å². The summed E-state index contributed by atoms with van der Waals surface area (Å²) in [6.45, 7) is 0.368. The van der Waals surface area contributed by atoms with Crippen molar-refractivity contribution in [3.8, 4) is 5.75 Å². The number of nitrogens with zero attached hydrogens (tertiary/aromatic N) is 4. The normalized spacial score (nSPS) is 11.0. The molecule has 0 amide bonds. The third kappa shape index (κ3) is 4.23. The molecule has 3 rings (SSSR count). The van der Waals surface area contributed by atoms with Crippen LogP contribution in [0.2, 0.25) is 0 Å². The number of hydrogen-bond donors (Lipinski definition) is 0. The summed E-state index contributed by atoms with van der Waals surface area (Å²) < 4.78 is 20.9. The molecule has 3 aromatic rings. The van der Waals surface area contributed by atoms with Crippen LogP contribution in [0.1, 0.15) is 11.1 Å². The second-order valence-corrected chi connectivity index (χ2v) is 5.55. The van der Waals surface area contributed by atoms with Gasteiger partial charge in [0.1, 0.15) is 30.8 Å². The fourth-order valence-electron chi connectivity index (χ4n) is 1.84. The fraction of sp³-hybridized carbons (Fsp3) is 0.0625. The molecule has 116 valence electrons. The van der Waals surface area contributed by atoms with Crippen LogP contribution in [-0.2, 0) is 6.61 Å². The largest absolute Gasteiger partial charge is 0.488 e. The van der Waals surface area contributed by atoms with Crippen LogP contribution in [0, 0.1) is 5.82 Å². The van der Waals surface area contributed by atoms with Gasteiger partial charge in [0, 0.05) is 0 Å². The highest BCUT2D eigenvalue weighted by Crippen LogP contribution is 2.26. The Kier molecular flexibility index (Phi) is 4.77. The summed E-state index contributed by atoms with van der Waals surface area (Å²) in [4.78, 5) is 0. The summed E-state index contributed by atoms with van der Waals surface area (Å²) in [5.41, 5.74) is 1.80. The summed E-state index contributed by atoms with van der Waals surface area (Å²) in [5, 5.41) is 11.5. The van der Waals surface area contributed by atoms with Crippen LogP contribution in [0.25, 0.3) is 0 Å². The highest BCUT2D eigenvalue weighted by Gasteiger charge is 2.03. The zero-order valence-corrected chi connectivity index (χ0v) is 13.5. The smallest absolute Gasteiger partial charge is 0.141 e. The summed E-state index contributed by atoms with van der Waals surface area (Å²) in [7, 11) is 0. The highest BCUT2D eigenvalue weighted by atomic mass is 79.9. The van der Waals surface area contributed by atoms with E-state index in [2.05, 4.69) is 31.2 Å². The lowest BCUT2D eigenvalue weighted by molar-refractivity contribution is 0.304. The maximum Gasteiger partial charge on any atom is 0.141 e. The molecule has 0 unspecified atom stereocenters. The first-order valence-corrected chi connectivity index (χ1v) is 7.56. The van der Waals surface area contributed by atoms with Crippen molar-refractivity contribution in [1.29, 1.82) is 0 Å². The molecule has 0 aliphatic rings. The molecule has 1 heterocycles. The SMILES string of the molecule is Fc1ccc(COc2ccc(/C=N\n3cnnc3)cc2Br)cc1. The molecule has 0 spiro atoms. The first-order valence-electron chi connectivity index (χ1n) is 6.76. The summed E-state index contributed by atoms with van der Waals surface area (Å²) in [6.07, 6.45) is 4.70. The molecule has 0 N–H and O–H groups in total. The van der Waals surface area contributed by atoms with Crippen molar-refractivity contribution in [1.82, 2.24) is 14.9 Å². The zero-order valence-electron chi connectivity index (χ0n) is 11.9. The van der Waals surface area contributed by atoms with Gasteiger partial charge in [0.2, 0.25) is 0 Å². The molecule has 0 aliphatic carbocycles. The molecule has 0 fully saturated rings. The Morgan fingerprint density at radius 3 is 2.57 bits per heavy atom. The molecular weight excluding hydrogens is 363 g/mol. The monoisotopic (exact) mass is 374 g/mol. The van der Waals surface area contributed by atoms with Gasteiger partial charge in [-0.25, -0.2) is 9.07 Å². The lowest BCUT2D eigenvalue weighted by Crippen LogP contribution is -1.97. The second-order valence-electron chi connectivity index (χ2n) is 4.69. The van der Waals surface area contributed by atoms with Crippen molar-refractivity contribution in [2.75, 3.05) is 0 Å². The maximum atomic E-state index is 12.9. The Morgan fingerprint density at radius 1 is 1.13 bits per heavy atom. The van der Waals surface area contributed by atoms with Crippen molar-refractivity contribution in [3.63, 3.8) is 0 Å². The molecule has 0 saturated carbocycles. The Bertz CT molecular complexity index is 803. The molecule has 23 heavy (non-hydrogen) atoms. The lowest BCUT2D eigenvalue weighted by atomic mass is 10.2. The third-order valence-electron chi connectivity index (χ3n) is 3.01.